The molecule has 2 N–H and O–H groups in total. The van der Waals surface area contributed by atoms with E-state index in [0.29, 0.717) is 12.1 Å². The van der Waals surface area contributed by atoms with Gasteiger partial charge in [-0.3, -0.25) is 4.90 Å². The van der Waals surface area contributed by atoms with Crippen molar-refractivity contribution < 1.29 is 4.74 Å². The van der Waals surface area contributed by atoms with Gasteiger partial charge in [-0.2, -0.15) is 0 Å². The molecule has 0 aromatic carbocycles. The minimum absolute atomic E-state index is 0.204. The van der Waals surface area contributed by atoms with Crippen LogP contribution in [0, 0.1) is 0 Å². The van der Waals surface area contributed by atoms with Crippen molar-refractivity contribution in [2.24, 2.45) is 5.73 Å². The SMILES string of the molecule is CCC(N)C(c1cccs1)N1CCOCC1CC. The first-order valence-corrected chi connectivity index (χ1v) is 7.78. The summed E-state index contributed by atoms with van der Waals surface area (Å²) in [5, 5.41) is 2.14. The van der Waals surface area contributed by atoms with E-state index in [0.717, 1.165) is 32.6 Å². The minimum atomic E-state index is 0.204. The highest BCUT2D eigenvalue weighted by Crippen LogP contribution is 2.32. The second-order valence-electron chi connectivity index (χ2n) is 4.91. The number of nitrogens with two attached hydrogens (primary N) is 1. The van der Waals surface area contributed by atoms with Crippen molar-refractivity contribution in [2.75, 3.05) is 19.8 Å². The number of hydrogen-bond donors (Lipinski definition) is 1. The Morgan fingerprint density at radius 1 is 1.56 bits per heavy atom. The summed E-state index contributed by atoms with van der Waals surface area (Å²) in [6, 6.07) is 5.40. The summed E-state index contributed by atoms with van der Waals surface area (Å²) in [7, 11) is 0. The molecule has 1 fully saturated rings. The van der Waals surface area contributed by atoms with Gasteiger partial charge in [-0.15, -0.1) is 11.3 Å². The zero-order valence-electron chi connectivity index (χ0n) is 11.3. The molecule has 0 aliphatic carbocycles. The highest BCUT2D eigenvalue weighted by Gasteiger charge is 2.32. The van der Waals surface area contributed by atoms with E-state index in [9.17, 15) is 0 Å². The van der Waals surface area contributed by atoms with Crippen molar-refractivity contribution in [1.82, 2.24) is 4.90 Å². The molecule has 102 valence electrons. The summed E-state index contributed by atoms with van der Waals surface area (Å²) in [6.45, 7) is 7.07. The zero-order chi connectivity index (χ0) is 13.0. The Kier molecular flexibility index (Phi) is 5.18. The molecule has 0 bridgehead atoms. The average Bonchev–Trinajstić information content (AvgIpc) is 2.93. The molecule has 4 heteroatoms. The molecular weight excluding hydrogens is 244 g/mol. The van der Waals surface area contributed by atoms with Gasteiger partial charge in [0.25, 0.3) is 0 Å². The smallest absolute Gasteiger partial charge is 0.0622 e. The molecule has 0 spiro atoms. The number of morpholine rings is 1. The largest absolute Gasteiger partial charge is 0.378 e. The average molecular weight is 268 g/mol. The van der Waals surface area contributed by atoms with E-state index in [4.69, 9.17) is 10.5 Å². The topological polar surface area (TPSA) is 38.5 Å². The molecule has 0 amide bonds. The third-order valence-corrected chi connectivity index (χ3v) is 4.76. The standard InChI is InChI=1S/C14H24N2OS/c1-3-11-10-17-8-7-16(11)14(12(15)4-2)13-6-5-9-18-13/h5-6,9,11-12,14H,3-4,7-8,10,15H2,1-2H3. The Hall–Kier alpha value is -0.420. The summed E-state index contributed by atoms with van der Waals surface area (Å²) in [5.41, 5.74) is 6.38. The maximum absolute atomic E-state index is 6.38. The molecule has 3 nitrogen and oxygen atoms in total. The fraction of sp³-hybridized carbons (Fsp3) is 0.714. The van der Waals surface area contributed by atoms with Gasteiger partial charge in [0.15, 0.2) is 0 Å². The van der Waals surface area contributed by atoms with E-state index in [1.165, 1.54) is 4.88 Å². The van der Waals surface area contributed by atoms with E-state index in [-0.39, 0.29) is 6.04 Å². The highest BCUT2D eigenvalue weighted by molar-refractivity contribution is 7.10. The predicted molar refractivity (Wildman–Crippen MR) is 76.9 cm³/mol. The lowest BCUT2D eigenvalue weighted by atomic mass is 9.99. The van der Waals surface area contributed by atoms with Crippen LogP contribution >= 0.6 is 11.3 Å². The van der Waals surface area contributed by atoms with Crippen LogP contribution in [0.15, 0.2) is 17.5 Å². The number of hydrogen-bond acceptors (Lipinski definition) is 4. The van der Waals surface area contributed by atoms with E-state index < -0.39 is 0 Å². The molecule has 1 aromatic heterocycles. The van der Waals surface area contributed by atoms with Gasteiger partial charge in [0, 0.05) is 23.5 Å². The molecular formula is C14H24N2OS. The Morgan fingerprint density at radius 3 is 3.00 bits per heavy atom. The van der Waals surface area contributed by atoms with Gasteiger partial charge in [-0.1, -0.05) is 19.9 Å². The van der Waals surface area contributed by atoms with Crippen LogP contribution in [-0.4, -0.2) is 36.7 Å². The Balaban J connectivity index is 2.22. The van der Waals surface area contributed by atoms with Crippen molar-refractivity contribution >= 4 is 11.3 Å². The predicted octanol–water partition coefficient (Wildman–Crippen LogP) is 2.64. The summed E-state index contributed by atoms with van der Waals surface area (Å²) in [4.78, 5) is 3.95. The molecule has 3 atom stereocenters. The van der Waals surface area contributed by atoms with Crippen molar-refractivity contribution in [1.29, 1.82) is 0 Å². The maximum Gasteiger partial charge on any atom is 0.0622 e. The molecule has 0 saturated carbocycles. The Bertz CT molecular complexity index is 342. The van der Waals surface area contributed by atoms with Crippen LogP contribution in [0.2, 0.25) is 0 Å². The molecule has 3 unspecified atom stereocenters. The third-order valence-electron chi connectivity index (χ3n) is 3.81. The summed E-state index contributed by atoms with van der Waals surface area (Å²) >= 11 is 1.82. The first kappa shape index (κ1) is 14.0. The first-order chi connectivity index (χ1) is 8.77. The summed E-state index contributed by atoms with van der Waals surface area (Å²) < 4.78 is 5.61. The van der Waals surface area contributed by atoms with Gasteiger partial charge in [-0.25, -0.2) is 0 Å². The van der Waals surface area contributed by atoms with Crippen molar-refractivity contribution in [2.45, 2.75) is 44.8 Å². The lowest BCUT2D eigenvalue weighted by Crippen LogP contribution is -2.51. The molecule has 2 rings (SSSR count). The highest BCUT2D eigenvalue weighted by atomic mass is 32.1. The van der Waals surface area contributed by atoms with Crippen LogP contribution in [0.25, 0.3) is 0 Å². The van der Waals surface area contributed by atoms with Crippen molar-refractivity contribution in [3.05, 3.63) is 22.4 Å². The number of nitrogens with zero attached hydrogens (tertiary/aromatic N) is 1. The van der Waals surface area contributed by atoms with E-state index >= 15 is 0 Å². The van der Waals surface area contributed by atoms with E-state index in [1.807, 2.05) is 11.3 Å². The maximum atomic E-state index is 6.38. The normalized spacial score (nSPS) is 24.9. The van der Waals surface area contributed by atoms with Crippen molar-refractivity contribution in [3.63, 3.8) is 0 Å². The molecule has 18 heavy (non-hydrogen) atoms. The first-order valence-electron chi connectivity index (χ1n) is 6.90. The summed E-state index contributed by atoms with van der Waals surface area (Å²) in [6.07, 6.45) is 2.13. The molecule has 0 radical (unpaired) electrons. The Labute approximate surface area is 114 Å². The zero-order valence-corrected chi connectivity index (χ0v) is 12.2. The van der Waals surface area contributed by atoms with Crippen LogP contribution in [-0.2, 0) is 4.74 Å². The summed E-state index contributed by atoms with van der Waals surface area (Å²) in [5.74, 6) is 0. The molecule has 1 aromatic rings. The third kappa shape index (κ3) is 2.94. The van der Waals surface area contributed by atoms with Gasteiger partial charge >= 0.3 is 0 Å². The molecule has 2 heterocycles. The van der Waals surface area contributed by atoms with E-state index in [2.05, 4.69) is 36.3 Å². The minimum Gasteiger partial charge on any atom is -0.378 e. The van der Waals surface area contributed by atoms with Gasteiger partial charge in [0.1, 0.15) is 0 Å². The van der Waals surface area contributed by atoms with Gasteiger partial charge in [-0.05, 0) is 24.3 Å². The van der Waals surface area contributed by atoms with Crippen LogP contribution in [0.4, 0.5) is 0 Å². The molecule has 1 aliphatic rings. The quantitative estimate of drug-likeness (QED) is 0.892. The number of ether oxygens (including phenoxy) is 1. The Morgan fingerprint density at radius 2 is 2.39 bits per heavy atom. The van der Waals surface area contributed by atoms with Gasteiger partial charge < -0.3 is 10.5 Å². The van der Waals surface area contributed by atoms with Gasteiger partial charge in [0.05, 0.1) is 19.3 Å². The van der Waals surface area contributed by atoms with Crippen LogP contribution in [0.1, 0.15) is 37.6 Å². The lowest BCUT2D eigenvalue weighted by molar-refractivity contribution is -0.0354. The van der Waals surface area contributed by atoms with Crippen LogP contribution in [0.5, 0.6) is 0 Å². The van der Waals surface area contributed by atoms with Crippen LogP contribution < -0.4 is 5.73 Å². The fourth-order valence-corrected chi connectivity index (χ4v) is 3.61. The molecule has 1 aliphatic heterocycles. The van der Waals surface area contributed by atoms with E-state index in [1.54, 1.807) is 0 Å². The molecule has 1 saturated heterocycles. The second kappa shape index (κ2) is 6.66. The number of rotatable bonds is 5. The van der Waals surface area contributed by atoms with Gasteiger partial charge in [0.2, 0.25) is 0 Å². The fourth-order valence-electron chi connectivity index (χ4n) is 2.69. The van der Waals surface area contributed by atoms with Crippen LogP contribution in [0.3, 0.4) is 0 Å². The lowest BCUT2D eigenvalue weighted by Gasteiger charge is -2.42. The van der Waals surface area contributed by atoms with Crippen molar-refractivity contribution in [3.8, 4) is 0 Å². The monoisotopic (exact) mass is 268 g/mol. The number of thiophene rings is 1. The second-order valence-corrected chi connectivity index (χ2v) is 5.89.